The van der Waals surface area contributed by atoms with Crippen LogP contribution in [0.25, 0.3) is 5.65 Å². The number of nitrogens with zero attached hydrogens (tertiary/aromatic N) is 5. The molecule has 202 valence electrons. The van der Waals surface area contributed by atoms with Crippen molar-refractivity contribution in [2.45, 2.75) is 45.7 Å². The van der Waals surface area contributed by atoms with Gasteiger partial charge < -0.3 is 15.5 Å². The van der Waals surface area contributed by atoms with Gasteiger partial charge >= 0.3 is 0 Å². The highest BCUT2D eigenvalue weighted by atomic mass is 35.5. The lowest BCUT2D eigenvalue weighted by atomic mass is 10.1. The van der Waals surface area contributed by atoms with Gasteiger partial charge in [-0.15, -0.1) is 12.4 Å². The fourth-order valence-corrected chi connectivity index (χ4v) is 5.28. The third-order valence-corrected chi connectivity index (χ3v) is 7.10. The van der Waals surface area contributed by atoms with Crippen molar-refractivity contribution in [3.8, 4) is 0 Å². The van der Waals surface area contributed by atoms with E-state index in [0.717, 1.165) is 37.1 Å². The van der Waals surface area contributed by atoms with Crippen molar-refractivity contribution >= 4 is 57.1 Å². The molecule has 0 spiro atoms. The van der Waals surface area contributed by atoms with Gasteiger partial charge in [0.15, 0.2) is 5.65 Å². The molecule has 37 heavy (non-hydrogen) atoms. The summed E-state index contributed by atoms with van der Waals surface area (Å²) in [6, 6.07) is 6.15. The second-order valence-corrected chi connectivity index (χ2v) is 11.5. The maximum atomic E-state index is 13.7. The highest BCUT2D eigenvalue weighted by Gasteiger charge is 2.28. The monoisotopic (exact) mass is 569 g/mol. The molecule has 0 radical (unpaired) electrons. The van der Waals surface area contributed by atoms with Crippen LogP contribution in [0.1, 0.15) is 54.3 Å². The van der Waals surface area contributed by atoms with Crippen LogP contribution in [0, 0.1) is 6.92 Å². The third-order valence-electron chi connectivity index (χ3n) is 6.28. The Labute approximate surface area is 228 Å². The zero-order chi connectivity index (χ0) is 26.2. The topological polar surface area (TPSA) is 126 Å². The predicted molar refractivity (Wildman–Crippen MR) is 149 cm³/mol. The van der Waals surface area contributed by atoms with Crippen molar-refractivity contribution in [2.24, 2.45) is 5.73 Å². The highest BCUT2D eigenvalue weighted by Crippen LogP contribution is 2.29. The molecule has 2 aromatic heterocycles. The van der Waals surface area contributed by atoms with E-state index in [-0.39, 0.29) is 35.6 Å². The number of fused-ring (bicyclic) bond motifs is 1. The Morgan fingerprint density at radius 1 is 1.35 bits per heavy atom. The van der Waals surface area contributed by atoms with Crippen LogP contribution in [0.4, 0.5) is 11.5 Å². The Hall–Kier alpha value is -2.60. The summed E-state index contributed by atoms with van der Waals surface area (Å²) < 4.78 is 27.9. The number of halogens is 2. The first-order valence-electron chi connectivity index (χ1n) is 11.9. The molecule has 1 amide bonds. The average molecular weight is 571 g/mol. The maximum Gasteiger partial charge on any atom is 0.256 e. The lowest BCUT2D eigenvalue weighted by molar-refractivity contribution is 0.0688. The maximum absolute atomic E-state index is 13.7. The number of anilines is 2. The molecule has 0 aliphatic carbocycles. The summed E-state index contributed by atoms with van der Waals surface area (Å²) in [7, 11) is -3.59. The first kappa shape index (κ1) is 29.0. The van der Waals surface area contributed by atoms with Gasteiger partial charge in [0, 0.05) is 48.5 Å². The van der Waals surface area contributed by atoms with E-state index >= 15 is 0 Å². The molecule has 4 rings (SSSR count). The molecule has 13 heteroatoms. The number of hydrogen-bond donors (Lipinski definition) is 2. The fourth-order valence-electron chi connectivity index (χ4n) is 4.53. The molecule has 3 heterocycles. The van der Waals surface area contributed by atoms with Gasteiger partial charge in [0.1, 0.15) is 5.82 Å². The summed E-state index contributed by atoms with van der Waals surface area (Å²) >= 11 is 6.17. The SMILES string of the molecule is CCCN(C(=O)c1cc(Cl)ccc1NS(C)(=O)=O)[C@@H](C)c1cc2nc(N3CC[C@H](N)C3)c(C)cn2n1.Cl. The van der Waals surface area contributed by atoms with Crippen LogP contribution >= 0.6 is 24.0 Å². The molecule has 0 bridgehead atoms. The summed E-state index contributed by atoms with van der Waals surface area (Å²) in [5, 5.41) is 5.05. The number of nitrogens with one attached hydrogen (secondary N) is 1. The zero-order valence-electron chi connectivity index (χ0n) is 21.3. The van der Waals surface area contributed by atoms with Gasteiger partial charge in [-0.1, -0.05) is 18.5 Å². The molecule has 2 atom stereocenters. The lowest BCUT2D eigenvalue weighted by Gasteiger charge is -2.28. The van der Waals surface area contributed by atoms with Crippen LogP contribution in [0.5, 0.6) is 0 Å². The fraction of sp³-hybridized carbons (Fsp3) is 0.458. The molecule has 3 aromatic rings. The number of nitrogens with two attached hydrogens (primary N) is 1. The van der Waals surface area contributed by atoms with Crippen molar-refractivity contribution < 1.29 is 13.2 Å². The minimum Gasteiger partial charge on any atom is -0.355 e. The van der Waals surface area contributed by atoms with E-state index in [1.807, 2.05) is 33.0 Å². The van der Waals surface area contributed by atoms with Crippen molar-refractivity contribution in [1.82, 2.24) is 19.5 Å². The number of aromatic nitrogens is 3. The molecule has 1 fully saturated rings. The Morgan fingerprint density at radius 2 is 2.08 bits per heavy atom. The van der Waals surface area contributed by atoms with Gasteiger partial charge in [0.2, 0.25) is 10.0 Å². The molecular formula is C24H33Cl2N7O3S. The van der Waals surface area contributed by atoms with E-state index in [9.17, 15) is 13.2 Å². The number of rotatable bonds is 8. The molecule has 1 aliphatic heterocycles. The van der Waals surface area contributed by atoms with E-state index in [2.05, 4.69) is 9.62 Å². The molecule has 1 aromatic carbocycles. The number of hydrogen-bond acceptors (Lipinski definition) is 7. The van der Waals surface area contributed by atoms with Gasteiger partial charge in [-0.25, -0.2) is 17.9 Å². The molecular weight excluding hydrogens is 537 g/mol. The van der Waals surface area contributed by atoms with E-state index in [1.165, 1.54) is 12.1 Å². The number of carbonyl (C=O) groups is 1. The van der Waals surface area contributed by atoms with Gasteiger partial charge in [-0.05, 0) is 44.9 Å². The summed E-state index contributed by atoms with van der Waals surface area (Å²) in [6.07, 6.45) is 4.62. The van der Waals surface area contributed by atoms with Gasteiger partial charge in [-0.3, -0.25) is 9.52 Å². The Bertz CT molecular complexity index is 1400. The second kappa shape index (κ2) is 11.4. The van der Waals surface area contributed by atoms with E-state index in [0.29, 0.717) is 29.3 Å². The summed E-state index contributed by atoms with van der Waals surface area (Å²) in [4.78, 5) is 22.4. The molecule has 0 unspecified atom stereocenters. The second-order valence-electron chi connectivity index (χ2n) is 9.35. The van der Waals surface area contributed by atoms with Crippen LogP contribution in [0.3, 0.4) is 0 Å². The zero-order valence-corrected chi connectivity index (χ0v) is 23.7. The largest absolute Gasteiger partial charge is 0.355 e. The molecule has 0 saturated carbocycles. The molecule has 10 nitrogen and oxygen atoms in total. The number of amides is 1. The Kier molecular flexibility index (Phi) is 8.94. The number of benzene rings is 1. The normalized spacial score (nSPS) is 16.5. The van der Waals surface area contributed by atoms with Gasteiger partial charge in [0.25, 0.3) is 5.91 Å². The van der Waals surface area contributed by atoms with E-state index in [4.69, 9.17) is 27.4 Å². The van der Waals surface area contributed by atoms with Gasteiger partial charge in [-0.2, -0.15) is 5.10 Å². The first-order valence-corrected chi connectivity index (χ1v) is 14.2. The lowest BCUT2D eigenvalue weighted by Crippen LogP contribution is -2.35. The quantitative estimate of drug-likeness (QED) is 0.424. The average Bonchev–Trinajstić information content (AvgIpc) is 3.42. The standard InChI is InChI=1S/C24H32ClN7O3S.ClH/c1-5-9-31(24(33)19-11-17(25)6-7-20(19)29-36(4,34)35)16(3)21-12-22-27-23(15(2)13-32(22)28-21)30-10-8-18(26)14-30;/h6-7,11-13,16,18,29H,5,8-10,14,26H2,1-4H3;1H/t16-,18-;/m0./s1. The minimum atomic E-state index is -3.59. The summed E-state index contributed by atoms with van der Waals surface area (Å²) in [5.41, 5.74) is 8.81. The van der Waals surface area contributed by atoms with Crippen LogP contribution in [0.2, 0.25) is 5.02 Å². The van der Waals surface area contributed by atoms with Crippen LogP contribution in [-0.4, -0.2) is 65.8 Å². The van der Waals surface area contributed by atoms with Crippen LogP contribution in [-0.2, 0) is 10.0 Å². The van der Waals surface area contributed by atoms with Crippen LogP contribution < -0.4 is 15.4 Å². The van der Waals surface area contributed by atoms with Crippen molar-refractivity contribution in [3.63, 3.8) is 0 Å². The van der Waals surface area contributed by atoms with E-state index in [1.54, 1.807) is 15.5 Å². The molecule has 1 saturated heterocycles. The number of aryl methyl sites for hydroxylation is 1. The smallest absolute Gasteiger partial charge is 0.256 e. The van der Waals surface area contributed by atoms with Gasteiger partial charge in [0.05, 0.1) is 29.2 Å². The van der Waals surface area contributed by atoms with Crippen molar-refractivity contribution in [2.75, 3.05) is 35.5 Å². The Morgan fingerprint density at radius 3 is 2.70 bits per heavy atom. The number of carbonyl (C=O) groups excluding carboxylic acids is 1. The molecule has 1 aliphatic rings. The highest BCUT2D eigenvalue weighted by molar-refractivity contribution is 7.92. The first-order chi connectivity index (χ1) is 17.0. The van der Waals surface area contributed by atoms with E-state index < -0.39 is 16.1 Å². The van der Waals surface area contributed by atoms with Crippen LogP contribution in [0.15, 0.2) is 30.5 Å². The Balaban J connectivity index is 0.00000380. The number of sulfonamides is 1. The van der Waals surface area contributed by atoms with Crippen molar-refractivity contribution in [1.29, 1.82) is 0 Å². The summed E-state index contributed by atoms with van der Waals surface area (Å²) in [5.74, 6) is 0.553. The summed E-state index contributed by atoms with van der Waals surface area (Å²) in [6.45, 7) is 7.95. The third kappa shape index (κ3) is 6.46. The minimum absolute atomic E-state index is 0. The van der Waals surface area contributed by atoms with Crippen molar-refractivity contribution in [3.05, 3.63) is 52.3 Å². The predicted octanol–water partition coefficient (Wildman–Crippen LogP) is 3.64. The molecule has 3 N–H and O–H groups in total.